The molecule has 0 fully saturated rings. The molecule has 0 aromatic carbocycles. The Morgan fingerprint density at radius 3 is 2.93 bits per heavy atom. The van der Waals surface area contributed by atoms with Gasteiger partial charge in [0.25, 0.3) is 0 Å². The summed E-state index contributed by atoms with van der Waals surface area (Å²) in [5.74, 6) is 0.153. The van der Waals surface area contributed by atoms with Crippen molar-refractivity contribution in [3.05, 3.63) is 11.4 Å². The molecule has 2 heterocycles. The molecule has 0 saturated carbocycles. The number of nitrogens with zero attached hydrogens (tertiary/aromatic N) is 4. The number of rotatable bonds is 0. The van der Waals surface area contributed by atoms with Gasteiger partial charge in [0, 0.05) is 26.4 Å². The quantitative estimate of drug-likeness (QED) is 0.665. The molecule has 1 aliphatic heterocycles. The van der Waals surface area contributed by atoms with Gasteiger partial charge in [-0.05, 0) is 12.8 Å². The van der Waals surface area contributed by atoms with Gasteiger partial charge in [-0.1, -0.05) is 5.21 Å². The average Bonchev–Trinajstić information content (AvgIpc) is 2.46. The van der Waals surface area contributed by atoms with E-state index < -0.39 is 0 Å². The Kier molecular flexibility index (Phi) is 3.22. The van der Waals surface area contributed by atoms with E-state index in [1.807, 2.05) is 7.80 Å². The zero-order chi connectivity index (χ0) is 10.8. The van der Waals surface area contributed by atoms with E-state index in [1.165, 1.54) is 5.69 Å². The Hall–Kier alpha value is -0.660. The molecule has 1 aromatic rings. The van der Waals surface area contributed by atoms with Crippen LogP contribution in [0, 0.1) is 0 Å². The first kappa shape index (κ1) is 10.8. The molecule has 1 aromatic heterocycles. The Bertz CT molecular complexity index is 376. The van der Waals surface area contributed by atoms with E-state index in [0.717, 1.165) is 38.0 Å². The number of amides is 1. The van der Waals surface area contributed by atoms with Gasteiger partial charge in [0.1, 0.15) is 0 Å². The normalized spacial score (nSPS) is 16.8. The fraction of sp³-hybridized carbons (Fsp3) is 0.667. The molecular formula is C9H13IN4O. The molecule has 0 radical (unpaired) electrons. The van der Waals surface area contributed by atoms with Crippen molar-refractivity contribution in [3.63, 3.8) is 0 Å². The first-order valence-corrected chi connectivity index (χ1v) is 6.00. The van der Waals surface area contributed by atoms with Crippen molar-refractivity contribution in [2.45, 2.75) is 26.2 Å². The molecule has 5 nitrogen and oxygen atoms in total. The number of aromatic nitrogens is 3. The maximum absolute atomic E-state index is 11.3. The van der Waals surface area contributed by atoms with Crippen LogP contribution in [0.25, 0.3) is 0 Å². The smallest absolute Gasteiger partial charge is 0.219 e. The van der Waals surface area contributed by atoms with Crippen molar-refractivity contribution in [1.82, 2.24) is 18.1 Å². The van der Waals surface area contributed by atoms with E-state index in [0.29, 0.717) is 0 Å². The van der Waals surface area contributed by atoms with E-state index in [2.05, 4.69) is 33.2 Å². The SMILES string of the molecule is CC(=O)N1CCCc2c(nnn2I)CC1. The van der Waals surface area contributed by atoms with Crippen molar-refractivity contribution in [2.24, 2.45) is 0 Å². The molecule has 6 heteroatoms. The Balaban J connectivity index is 2.15. The first-order valence-electron chi connectivity index (χ1n) is 5.03. The van der Waals surface area contributed by atoms with Gasteiger partial charge >= 0.3 is 0 Å². The molecule has 0 atom stereocenters. The Morgan fingerprint density at radius 1 is 1.40 bits per heavy atom. The van der Waals surface area contributed by atoms with E-state index in [4.69, 9.17) is 0 Å². The monoisotopic (exact) mass is 320 g/mol. The van der Waals surface area contributed by atoms with E-state index >= 15 is 0 Å². The van der Waals surface area contributed by atoms with Gasteiger partial charge < -0.3 is 4.90 Å². The zero-order valence-electron chi connectivity index (χ0n) is 8.61. The molecule has 0 bridgehead atoms. The van der Waals surface area contributed by atoms with Crippen LogP contribution in [0.4, 0.5) is 0 Å². The minimum absolute atomic E-state index is 0.153. The molecule has 1 aliphatic rings. The van der Waals surface area contributed by atoms with Crippen LogP contribution in [-0.4, -0.2) is 37.1 Å². The highest BCUT2D eigenvalue weighted by molar-refractivity contribution is 14.1. The second-order valence-corrected chi connectivity index (χ2v) is 4.62. The largest absolute Gasteiger partial charge is 0.343 e. The highest BCUT2D eigenvalue weighted by Gasteiger charge is 2.18. The summed E-state index contributed by atoms with van der Waals surface area (Å²) in [6, 6.07) is 0. The van der Waals surface area contributed by atoms with Gasteiger partial charge in [-0.3, -0.25) is 4.79 Å². The van der Waals surface area contributed by atoms with Gasteiger partial charge in [-0.25, -0.2) is 0 Å². The van der Waals surface area contributed by atoms with Crippen molar-refractivity contribution < 1.29 is 4.79 Å². The van der Waals surface area contributed by atoms with E-state index in [9.17, 15) is 4.79 Å². The number of hydrogen-bond donors (Lipinski definition) is 0. The molecule has 15 heavy (non-hydrogen) atoms. The van der Waals surface area contributed by atoms with Crippen molar-refractivity contribution >= 4 is 28.8 Å². The van der Waals surface area contributed by atoms with Gasteiger partial charge in [0.15, 0.2) is 0 Å². The fourth-order valence-electron chi connectivity index (χ4n) is 1.85. The lowest BCUT2D eigenvalue weighted by Gasteiger charge is -2.22. The van der Waals surface area contributed by atoms with E-state index in [-0.39, 0.29) is 5.91 Å². The summed E-state index contributed by atoms with van der Waals surface area (Å²) in [7, 11) is 0. The van der Waals surface area contributed by atoms with E-state index in [1.54, 1.807) is 6.92 Å². The molecule has 0 aliphatic carbocycles. The predicted octanol–water partition coefficient (Wildman–Crippen LogP) is 0.813. The van der Waals surface area contributed by atoms with Crippen LogP contribution in [0.5, 0.6) is 0 Å². The predicted molar refractivity (Wildman–Crippen MR) is 63.7 cm³/mol. The van der Waals surface area contributed by atoms with Crippen molar-refractivity contribution in [2.75, 3.05) is 13.1 Å². The van der Waals surface area contributed by atoms with Crippen LogP contribution < -0.4 is 0 Å². The summed E-state index contributed by atoms with van der Waals surface area (Å²) >= 11 is 2.15. The number of halogens is 1. The summed E-state index contributed by atoms with van der Waals surface area (Å²) in [5, 5.41) is 8.12. The molecule has 0 unspecified atom stereocenters. The maximum atomic E-state index is 11.3. The van der Waals surface area contributed by atoms with Crippen LogP contribution in [0.1, 0.15) is 24.7 Å². The summed E-state index contributed by atoms with van der Waals surface area (Å²) in [6.45, 7) is 3.23. The van der Waals surface area contributed by atoms with Crippen LogP contribution in [0.15, 0.2) is 0 Å². The molecule has 0 N–H and O–H groups in total. The maximum Gasteiger partial charge on any atom is 0.219 e. The Labute approximate surface area is 102 Å². The number of carbonyl (C=O) groups is 1. The van der Waals surface area contributed by atoms with Crippen LogP contribution >= 0.6 is 22.9 Å². The number of carbonyl (C=O) groups excluding carboxylic acids is 1. The zero-order valence-corrected chi connectivity index (χ0v) is 10.8. The third-order valence-electron chi connectivity index (χ3n) is 2.71. The lowest BCUT2D eigenvalue weighted by molar-refractivity contribution is -0.128. The number of hydrogen-bond acceptors (Lipinski definition) is 3. The third kappa shape index (κ3) is 2.30. The summed E-state index contributed by atoms with van der Waals surface area (Å²) < 4.78 is 1.82. The highest BCUT2D eigenvalue weighted by atomic mass is 127. The Morgan fingerprint density at radius 2 is 2.20 bits per heavy atom. The molecular weight excluding hydrogens is 307 g/mol. The molecule has 0 saturated heterocycles. The lowest BCUT2D eigenvalue weighted by Crippen LogP contribution is -2.33. The molecule has 2 rings (SSSR count). The molecule has 1 amide bonds. The van der Waals surface area contributed by atoms with Crippen LogP contribution in [-0.2, 0) is 17.6 Å². The van der Waals surface area contributed by atoms with Crippen LogP contribution in [0.2, 0.25) is 0 Å². The summed E-state index contributed by atoms with van der Waals surface area (Å²) in [6.07, 6.45) is 2.76. The summed E-state index contributed by atoms with van der Waals surface area (Å²) in [5.41, 5.74) is 2.24. The highest BCUT2D eigenvalue weighted by Crippen LogP contribution is 2.15. The average molecular weight is 320 g/mol. The van der Waals surface area contributed by atoms with Crippen LogP contribution in [0.3, 0.4) is 0 Å². The molecule has 82 valence electrons. The second-order valence-electron chi connectivity index (χ2n) is 3.70. The lowest BCUT2D eigenvalue weighted by atomic mass is 10.1. The summed E-state index contributed by atoms with van der Waals surface area (Å²) in [4.78, 5) is 13.1. The van der Waals surface area contributed by atoms with Gasteiger partial charge in [-0.15, -0.1) is 5.10 Å². The minimum Gasteiger partial charge on any atom is -0.343 e. The van der Waals surface area contributed by atoms with Crippen molar-refractivity contribution in [1.29, 1.82) is 0 Å². The minimum atomic E-state index is 0.153. The van der Waals surface area contributed by atoms with Gasteiger partial charge in [-0.2, -0.15) is 2.90 Å². The fourth-order valence-corrected chi connectivity index (χ4v) is 2.46. The topological polar surface area (TPSA) is 51.0 Å². The standard InChI is InChI=1S/C9H13IN4O/c1-7(15)13-5-2-3-9-8(4-6-13)11-12-14(9)10/h2-6H2,1H3. The second kappa shape index (κ2) is 4.46. The first-order chi connectivity index (χ1) is 7.18. The third-order valence-corrected chi connectivity index (χ3v) is 3.48. The molecule has 0 spiro atoms. The van der Waals surface area contributed by atoms with Crippen molar-refractivity contribution in [3.8, 4) is 0 Å². The van der Waals surface area contributed by atoms with Gasteiger partial charge in [0.2, 0.25) is 5.91 Å². The van der Waals surface area contributed by atoms with Gasteiger partial charge in [0.05, 0.1) is 34.3 Å². The number of fused-ring (bicyclic) bond motifs is 1.